The van der Waals surface area contributed by atoms with E-state index >= 15 is 0 Å². The minimum Gasteiger partial charge on any atom is -0.434 e. The second-order valence-electron chi connectivity index (χ2n) is 3.91. The number of hydrogen-bond donors (Lipinski definition) is 1. The zero-order valence-electron chi connectivity index (χ0n) is 10.6. The van der Waals surface area contributed by atoms with Crippen molar-refractivity contribution in [2.75, 3.05) is 0 Å². The molecule has 0 saturated heterocycles. The van der Waals surface area contributed by atoms with Gasteiger partial charge in [-0.25, -0.2) is 0 Å². The molecule has 8 heteroatoms. The molecule has 0 aliphatic rings. The highest BCUT2D eigenvalue weighted by atomic mass is 35.5. The molecule has 0 atom stereocenters. The normalized spacial score (nSPS) is 10.5. The van der Waals surface area contributed by atoms with Crippen molar-refractivity contribution in [3.8, 4) is 5.75 Å². The number of alkyl halides is 2. The molecule has 0 fully saturated rings. The van der Waals surface area contributed by atoms with Crippen molar-refractivity contribution in [3.05, 3.63) is 52.8 Å². The van der Waals surface area contributed by atoms with Gasteiger partial charge in [-0.15, -0.1) is 10.2 Å². The van der Waals surface area contributed by atoms with Crippen LogP contribution in [0.3, 0.4) is 0 Å². The fourth-order valence-electron chi connectivity index (χ4n) is 1.56. The number of nitrogens with one attached hydrogen (secondary N) is 1. The Labute approximate surface area is 123 Å². The van der Waals surface area contributed by atoms with Crippen LogP contribution >= 0.6 is 11.6 Å². The summed E-state index contributed by atoms with van der Waals surface area (Å²) in [6.07, 6.45) is 0. The van der Waals surface area contributed by atoms with Crippen molar-refractivity contribution < 1.29 is 18.3 Å². The zero-order chi connectivity index (χ0) is 15.2. The Balaban J connectivity index is 2.02. The molecule has 2 aromatic rings. The largest absolute Gasteiger partial charge is 0.434 e. The number of rotatable bonds is 5. The van der Waals surface area contributed by atoms with Crippen LogP contribution in [-0.4, -0.2) is 22.7 Å². The van der Waals surface area contributed by atoms with Crippen LogP contribution in [0.1, 0.15) is 16.1 Å². The molecule has 5 nitrogen and oxygen atoms in total. The van der Waals surface area contributed by atoms with Crippen molar-refractivity contribution in [1.82, 2.24) is 15.5 Å². The fraction of sp³-hybridized carbons (Fsp3) is 0.154. The Kier molecular flexibility index (Phi) is 4.99. The summed E-state index contributed by atoms with van der Waals surface area (Å²) in [6, 6.07) is 9.03. The summed E-state index contributed by atoms with van der Waals surface area (Å²) in [5, 5.41) is 9.87. The standard InChI is InChI=1S/C13H10ClF2N3O2/c14-11-6-5-9(18-19-11)12(20)17-7-8-3-1-2-4-10(8)21-13(15)16/h1-6,13H,7H2,(H,17,20). The van der Waals surface area contributed by atoms with E-state index < -0.39 is 12.5 Å². The molecular weight excluding hydrogens is 304 g/mol. The summed E-state index contributed by atoms with van der Waals surface area (Å²) in [5.74, 6) is -0.485. The van der Waals surface area contributed by atoms with Crippen LogP contribution in [0.25, 0.3) is 0 Å². The summed E-state index contributed by atoms with van der Waals surface area (Å²) >= 11 is 5.57. The molecule has 0 saturated carbocycles. The van der Waals surface area contributed by atoms with E-state index in [4.69, 9.17) is 11.6 Å². The molecule has 0 spiro atoms. The number of nitrogens with zero attached hydrogens (tertiary/aromatic N) is 2. The highest BCUT2D eigenvalue weighted by Gasteiger charge is 2.12. The molecule has 1 N–H and O–H groups in total. The number of carbonyl (C=O) groups excluding carboxylic acids is 1. The van der Waals surface area contributed by atoms with Crippen molar-refractivity contribution in [2.45, 2.75) is 13.2 Å². The van der Waals surface area contributed by atoms with E-state index in [9.17, 15) is 13.6 Å². The minimum absolute atomic E-state index is 0.00925. The predicted octanol–water partition coefficient (Wildman–Crippen LogP) is 2.66. The number of hydrogen-bond acceptors (Lipinski definition) is 4. The molecular formula is C13H10ClF2N3O2. The third kappa shape index (κ3) is 4.35. The highest BCUT2D eigenvalue weighted by Crippen LogP contribution is 2.20. The second-order valence-corrected chi connectivity index (χ2v) is 4.30. The smallest absolute Gasteiger partial charge is 0.387 e. The van der Waals surface area contributed by atoms with Gasteiger partial charge in [-0.1, -0.05) is 29.8 Å². The van der Waals surface area contributed by atoms with Gasteiger partial charge in [0.25, 0.3) is 5.91 Å². The topological polar surface area (TPSA) is 64.1 Å². The lowest BCUT2D eigenvalue weighted by molar-refractivity contribution is -0.0504. The van der Waals surface area contributed by atoms with Crippen LogP contribution in [0, 0.1) is 0 Å². The maximum Gasteiger partial charge on any atom is 0.387 e. The molecule has 0 radical (unpaired) electrons. The molecule has 0 bridgehead atoms. The van der Waals surface area contributed by atoms with E-state index in [-0.39, 0.29) is 23.1 Å². The molecule has 1 amide bonds. The van der Waals surface area contributed by atoms with Crippen molar-refractivity contribution >= 4 is 17.5 Å². The summed E-state index contributed by atoms with van der Waals surface area (Å²) in [4.78, 5) is 11.8. The van der Waals surface area contributed by atoms with Gasteiger partial charge in [0, 0.05) is 12.1 Å². The lowest BCUT2D eigenvalue weighted by Gasteiger charge is -2.11. The van der Waals surface area contributed by atoms with E-state index in [1.54, 1.807) is 18.2 Å². The summed E-state index contributed by atoms with van der Waals surface area (Å²) in [7, 11) is 0. The summed E-state index contributed by atoms with van der Waals surface area (Å²) in [6.45, 7) is -2.91. The number of ether oxygens (including phenoxy) is 1. The molecule has 0 aliphatic heterocycles. The van der Waals surface area contributed by atoms with Gasteiger partial charge in [0.2, 0.25) is 0 Å². The maximum absolute atomic E-state index is 12.3. The predicted molar refractivity (Wildman–Crippen MR) is 71.3 cm³/mol. The molecule has 1 heterocycles. The number of para-hydroxylation sites is 1. The number of amides is 1. The third-order valence-electron chi connectivity index (χ3n) is 2.49. The Hall–Kier alpha value is -2.28. The Morgan fingerprint density at radius 3 is 2.67 bits per heavy atom. The Morgan fingerprint density at radius 1 is 1.24 bits per heavy atom. The number of aromatic nitrogens is 2. The van der Waals surface area contributed by atoms with Crippen LogP contribution in [0.4, 0.5) is 8.78 Å². The fourth-order valence-corrected chi connectivity index (χ4v) is 1.66. The monoisotopic (exact) mass is 313 g/mol. The van der Waals surface area contributed by atoms with Crippen LogP contribution in [0.15, 0.2) is 36.4 Å². The van der Waals surface area contributed by atoms with Crippen molar-refractivity contribution in [2.24, 2.45) is 0 Å². The summed E-state index contributed by atoms with van der Waals surface area (Å²) < 4.78 is 28.9. The first-order chi connectivity index (χ1) is 10.1. The van der Waals surface area contributed by atoms with Gasteiger partial charge in [-0.2, -0.15) is 8.78 Å². The van der Waals surface area contributed by atoms with Crippen LogP contribution in [-0.2, 0) is 6.54 Å². The SMILES string of the molecule is O=C(NCc1ccccc1OC(F)F)c1ccc(Cl)nn1. The lowest BCUT2D eigenvalue weighted by Crippen LogP contribution is -2.24. The molecule has 21 heavy (non-hydrogen) atoms. The van der Waals surface area contributed by atoms with E-state index in [0.717, 1.165) is 0 Å². The van der Waals surface area contributed by atoms with Gasteiger partial charge in [0.15, 0.2) is 10.8 Å². The van der Waals surface area contributed by atoms with E-state index in [0.29, 0.717) is 5.56 Å². The van der Waals surface area contributed by atoms with E-state index in [2.05, 4.69) is 20.3 Å². The minimum atomic E-state index is -2.93. The van der Waals surface area contributed by atoms with Gasteiger partial charge in [0.05, 0.1) is 0 Å². The quantitative estimate of drug-likeness (QED) is 0.921. The molecule has 0 aliphatic carbocycles. The molecule has 110 valence electrons. The Bertz CT molecular complexity index is 623. The number of halogens is 3. The summed E-state index contributed by atoms with van der Waals surface area (Å²) in [5.41, 5.74) is 0.500. The van der Waals surface area contributed by atoms with Crippen LogP contribution in [0.2, 0.25) is 5.15 Å². The number of benzene rings is 1. The van der Waals surface area contributed by atoms with Gasteiger partial charge >= 0.3 is 6.61 Å². The zero-order valence-corrected chi connectivity index (χ0v) is 11.3. The number of carbonyl (C=O) groups is 1. The van der Waals surface area contributed by atoms with Crippen LogP contribution < -0.4 is 10.1 Å². The first-order valence-electron chi connectivity index (χ1n) is 5.86. The van der Waals surface area contributed by atoms with Gasteiger partial charge < -0.3 is 10.1 Å². The van der Waals surface area contributed by atoms with Crippen LogP contribution in [0.5, 0.6) is 5.75 Å². The molecule has 2 rings (SSSR count). The maximum atomic E-state index is 12.3. The first kappa shape index (κ1) is 15.1. The molecule has 1 aromatic heterocycles. The highest BCUT2D eigenvalue weighted by molar-refractivity contribution is 6.29. The van der Waals surface area contributed by atoms with Gasteiger partial charge in [-0.3, -0.25) is 4.79 Å². The Morgan fingerprint density at radius 2 is 2.00 bits per heavy atom. The lowest BCUT2D eigenvalue weighted by atomic mass is 10.2. The van der Waals surface area contributed by atoms with Gasteiger partial charge in [-0.05, 0) is 18.2 Å². The third-order valence-corrected chi connectivity index (χ3v) is 2.69. The average Bonchev–Trinajstić information content (AvgIpc) is 2.46. The molecule has 1 aromatic carbocycles. The van der Waals surface area contributed by atoms with Gasteiger partial charge in [0.1, 0.15) is 5.75 Å². The average molecular weight is 314 g/mol. The second kappa shape index (κ2) is 6.94. The van der Waals surface area contributed by atoms with E-state index in [1.165, 1.54) is 18.2 Å². The first-order valence-corrected chi connectivity index (χ1v) is 6.24. The van der Waals surface area contributed by atoms with E-state index in [1.807, 2.05) is 0 Å². The molecule has 0 unspecified atom stereocenters. The van der Waals surface area contributed by atoms with Crippen molar-refractivity contribution in [3.63, 3.8) is 0 Å². The van der Waals surface area contributed by atoms with Crippen molar-refractivity contribution in [1.29, 1.82) is 0 Å².